The smallest absolute Gasteiger partial charge is 0.329 e. The zero-order valence-corrected chi connectivity index (χ0v) is 18.4. The molecule has 0 radical (unpaired) electrons. The highest BCUT2D eigenvalue weighted by Gasteiger charge is 2.26. The van der Waals surface area contributed by atoms with E-state index in [2.05, 4.69) is 5.32 Å². The van der Waals surface area contributed by atoms with Crippen molar-refractivity contribution in [2.45, 2.75) is 12.5 Å². The molecule has 3 aromatic carbocycles. The third-order valence-corrected chi connectivity index (χ3v) is 4.94. The van der Waals surface area contributed by atoms with Crippen LogP contribution in [-0.2, 0) is 9.53 Å². The molecule has 7 nitrogen and oxygen atoms in total. The van der Waals surface area contributed by atoms with Crippen molar-refractivity contribution in [3.8, 4) is 11.5 Å². The Morgan fingerprint density at radius 3 is 2.21 bits per heavy atom. The van der Waals surface area contributed by atoms with Crippen LogP contribution in [0, 0.1) is 0 Å². The quantitative estimate of drug-likeness (QED) is 0.348. The number of benzene rings is 3. The summed E-state index contributed by atoms with van der Waals surface area (Å²) < 4.78 is 15.7. The molecule has 1 unspecified atom stereocenters. The maximum Gasteiger partial charge on any atom is 0.329 e. The molecule has 0 fully saturated rings. The number of ether oxygens (including phenoxy) is 3. The predicted molar refractivity (Wildman–Crippen MR) is 124 cm³/mol. The number of anilines is 1. The molecule has 0 aliphatic carbocycles. The van der Waals surface area contributed by atoms with E-state index in [4.69, 9.17) is 14.2 Å². The van der Waals surface area contributed by atoms with Crippen molar-refractivity contribution in [1.29, 1.82) is 0 Å². The summed E-state index contributed by atoms with van der Waals surface area (Å²) in [4.78, 5) is 38.2. The van der Waals surface area contributed by atoms with E-state index in [1.54, 1.807) is 78.9 Å². The first-order valence-electron chi connectivity index (χ1n) is 10.3. The van der Waals surface area contributed by atoms with Crippen LogP contribution in [0.1, 0.15) is 27.1 Å². The Labute approximate surface area is 192 Å². The molecule has 0 saturated heterocycles. The van der Waals surface area contributed by atoms with E-state index in [0.717, 1.165) is 0 Å². The molecule has 3 aromatic rings. The second kappa shape index (κ2) is 11.5. The lowest BCUT2D eigenvalue weighted by atomic mass is 10.0. The van der Waals surface area contributed by atoms with Gasteiger partial charge in [-0.15, -0.1) is 0 Å². The summed E-state index contributed by atoms with van der Waals surface area (Å²) in [7, 11) is 3.01. The molecule has 0 spiro atoms. The second-order valence-electron chi connectivity index (χ2n) is 7.15. The monoisotopic (exact) mass is 447 g/mol. The van der Waals surface area contributed by atoms with Crippen LogP contribution in [-0.4, -0.2) is 44.4 Å². The Hall–Kier alpha value is -4.13. The van der Waals surface area contributed by atoms with Crippen molar-refractivity contribution in [3.63, 3.8) is 0 Å². The molecule has 0 saturated carbocycles. The Balaban J connectivity index is 1.74. The minimum Gasteiger partial charge on any atom is -0.497 e. The van der Waals surface area contributed by atoms with Crippen LogP contribution in [0.2, 0.25) is 0 Å². The number of nitrogens with one attached hydrogen (secondary N) is 1. The van der Waals surface area contributed by atoms with Gasteiger partial charge in [-0.3, -0.25) is 9.59 Å². The van der Waals surface area contributed by atoms with E-state index in [9.17, 15) is 14.4 Å². The Morgan fingerprint density at radius 2 is 1.48 bits per heavy atom. The zero-order chi connectivity index (χ0) is 23.6. The SMILES string of the molecule is COc1cccc(C(=O)COC(=O)C(CC(=O)c2ccccc2)Nc2ccccc2OC)c1. The van der Waals surface area contributed by atoms with Gasteiger partial charge in [-0.1, -0.05) is 54.6 Å². The lowest BCUT2D eigenvalue weighted by Crippen LogP contribution is -2.35. The van der Waals surface area contributed by atoms with Crippen molar-refractivity contribution in [3.05, 3.63) is 90.0 Å². The summed E-state index contributed by atoms with van der Waals surface area (Å²) in [6.45, 7) is -0.463. The van der Waals surface area contributed by atoms with Gasteiger partial charge in [0.25, 0.3) is 0 Å². The van der Waals surface area contributed by atoms with E-state index < -0.39 is 18.6 Å². The molecular weight excluding hydrogens is 422 g/mol. The number of carbonyl (C=O) groups is 3. The van der Waals surface area contributed by atoms with Crippen molar-refractivity contribution in [2.75, 3.05) is 26.1 Å². The summed E-state index contributed by atoms with van der Waals surface area (Å²) in [5.41, 5.74) is 1.36. The average Bonchev–Trinajstić information content (AvgIpc) is 2.87. The standard InChI is InChI=1S/C26H25NO6/c1-31-20-12-8-11-19(15-20)24(29)17-33-26(30)22(16-23(28)18-9-4-3-5-10-18)27-21-13-6-7-14-25(21)32-2/h3-15,22,27H,16-17H2,1-2H3. The first kappa shape index (κ1) is 23.5. The lowest BCUT2D eigenvalue weighted by molar-refractivity contribution is -0.143. The molecule has 0 heterocycles. The van der Waals surface area contributed by atoms with E-state index in [1.807, 2.05) is 0 Å². The minimum absolute atomic E-state index is 0.158. The van der Waals surface area contributed by atoms with Crippen LogP contribution in [0.4, 0.5) is 5.69 Å². The number of para-hydroxylation sites is 2. The van der Waals surface area contributed by atoms with Crippen LogP contribution < -0.4 is 14.8 Å². The maximum absolute atomic E-state index is 12.9. The van der Waals surface area contributed by atoms with Crippen LogP contribution in [0.3, 0.4) is 0 Å². The van der Waals surface area contributed by atoms with Crippen LogP contribution in [0.15, 0.2) is 78.9 Å². The number of hydrogen-bond acceptors (Lipinski definition) is 7. The predicted octanol–water partition coefficient (Wildman–Crippen LogP) is 4.18. The van der Waals surface area contributed by atoms with Gasteiger partial charge in [0.15, 0.2) is 18.2 Å². The summed E-state index contributed by atoms with van der Waals surface area (Å²) in [5, 5.41) is 3.03. The molecule has 0 amide bonds. The minimum atomic E-state index is -1.02. The van der Waals surface area contributed by atoms with E-state index >= 15 is 0 Å². The molecule has 1 atom stereocenters. The number of ketones is 2. The second-order valence-corrected chi connectivity index (χ2v) is 7.15. The number of rotatable bonds is 11. The Bertz CT molecular complexity index is 1110. The molecule has 0 aromatic heterocycles. The van der Waals surface area contributed by atoms with Crippen LogP contribution in [0.5, 0.6) is 11.5 Å². The summed E-state index contributed by atoms with van der Waals surface area (Å²) in [6, 6.07) is 21.3. The van der Waals surface area contributed by atoms with E-state index in [-0.39, 0.29) is 18.0 Å². The van der Waals surface area contributed by atoms with Gasteiger partial charge in [-0.05, 0) is 24.3 Å². The third kappa shape index (κ3) is 6.43. The van der Waals surface area contributed by atoms with Crippen molar-refractivity contribution < 1.29 is 28.6 Å². The van der Waals surface area contributed by atoms with E-state index in [0.29, 0.717) is 28.3 Å². The molecule has 170 valence electrons. The fraction of sp³-hybridized carbons (Fsp3) is 0.192. The first-order valence-corrected chi connectivity index (χ1v) is 10.3. The molecule has 0 aliphatic rings. The largest absolute Gasteiger partial charge is 0.497 e. The lowest BCUT2D eigenvalue weighted by Gasteiger charge is -2.19. The fourth-order valence-corrected chi connectivity index (χ4v) is 3.19. The Morgan fingerprint density at radius 1 is 0.788 bits per heavy atom. The summed E-state index contributed by atoms with van der Waals surface area (Å²) in [5.74, 6) is -0.306. The number of carbonyl (C=O) groups excluding carboxylic acids is 3. The number of methoxy groups -OCH3 is 2. The van der Waals surface area contributed by atoms with Crippen LogP contribution in [0.25, 0.3) is 0 Å². The highest BCUT2D eigenvalue weighted by atomic mass is 16.5. The molecule has 1 N–H and O–H groups in total. The number of Topliss-reactive ketones (excluding diaryl/α,β-unsaturated/α-hetero) is 2. The number of esters is 1. The molecule has 0 aliphatic heterocycles. The van der Waals surface area contributed by atoms with Gasteiger partial charge >= 0.3 is 5.97 Å². The van der Waals surface area contributed by atoms with E-state index in [1.165, 1.54) is 14.2 Å². The highest BCUT2D eigenvalue weighted by Crippen LogP contribution is 2.25. The van der Waals surface area contributed by atoms with Gasteiger partial charge in [-0.2, -0.15) is 0 Å². The highest BCUT2D eigenvalue weighted by molar-refractivity contribution is 6.01. The van der Waals surface area contributed by atoms with Gasteiger partial charge in [0.2, 0.25) is 0 Å². The van der Waals surface area contributed by atoms with Crippen LogP contribution >= 0.6 is 0 Å². The van der Waals surface area contributed by atoms with Crippen molar-refractivity contribution in [2.24, 2.45) is 0 Å². The third-order valence-electron chi connectivity index (χ3n) is 4.94. The van der Waals surface area contributed by atoms with Gasteiger partial charge in [0.05, 0.1) is 19.9 Å². The fourth-order valence-electron chi connectivity index (χ4n) is 3.19. The van der Waals surface area contributed by atoms with Gasteiger partial charge in [0, 0.05) is 17.5 Å². The summed E-state index contributed by atoms with van der Waals surface area (Å²) in [6.07, 6.45) is -0.158. The first-order chi connectivity index (χ1) is 16.0. The normalized spacial score (nSPS) is 11.2. The van der Waals surface area contributed by atoms with Gasteiger partial charge in [0.1, 0.15) is 17.5 Å². The van der Waals surface area contributed by atoms with Crippen molar-refractivity contribution >= 4 is 23.2 Å². The molecule has 7 heteroatoms. The Kier molecular flexibility index (Phi) is 8.18. The van der Waals surface area contributed by atoms with Gasteiger partial charge in [-0.25, -0.2) is 4.79 Å². The zero-order valence-electron chi connectivity index (χ0n) is 18.4. The topological polar surface area (TPSA) is 90.9 Å². The molecule has 3 rings (SSSR count). The van der Waals surface area contributed by atoms with Crippen molar-refractivity contribution in [1.82, 2.24) is 0 Å². The van der Waals surface area contributed by atoms with Gasteiger partial charge < -0.3 is 19.5 Å². The summed E-state index contributed by atoms with van der Waals surface area (Å²) >= 11 is 0. The average molecular weight is 447 g/mol. The number of hydrogen-bond donors (Lipinski definition) is 1. The molecule has 0 bridgehead atoms. The molecule has 33 heavy (non-hydrogen) atoms. The molecular formula is C26H25NO6. The maximum atomic E-state index is 12.9.